The fourth-order valence-corrected chi connectivity index (χ4v) is 2.29. The molecule has 1 aromatic heterocycles. The zero-order valence-corrected chi connectivity index (χ0v) is 11.8. The molecule has 2 aromatic rings. The topological polar surface area (TPSA) is 55.1 Å². The molecule has 1 unspecified atom stereocenters. The molecule has 0 aliphatic heterocycles. The van der Waals surface area contributed by atoms with Crippen LogP contribution in [0.5, 0.6) is 0 Å². The van der Waals surface area contributed by atoms with Crippen molar-refractivity contribution in [3.05, 3.63) is 30.0 Å². The van der Waals surface area contributed by atoms with Crippen molar-refractivity contribution in [3.63, 3.8) is 0 Å². The number of nitrogens with zero attached hydrogens (tertiary/aromatic N) is 1. The van der Waals surface area contributed by atoms with Crippen LogP contribution in [0.3, 0.4) is 0 Å². The van der Waals surface area contributed by atoms with Gasteiger partial charge in [0.2, 0.25) is 5.91 Å². The monoisotopic (exact) mass is 280 g/mol. The molecule has 0 aliphatic rings. The van der Waals surface area contributed by atoms with E-state index in [2.05, 4.69) is 10.5 Å². The molecule has 0 aliphatic carbocycles. The summed E-state index contributed by atoms with van der Waals surface area (Å²) in [5.41, 5.74) is 1.35. The van der Waals surface area contributed by atoms with Gasteiger partial charge in [0.05, 0.1) is 6.42 Å². The summed E-state index contributed by atoms with van der Waals surface area (Å²) in [5.74, 6) is 0.622. The number of halogens is 1. The second-order valence-electron chi connectivity index (χ2n) is 4.87. The van der Waals surface area contributed by atoms with Crippen LogP contribution in [-0.4, -0.2) is 23.0 Å². The van der Waals surface area contributed by atoms with Crippen LogP contribution >= 0.6 is 11.6 Å². The lowest BCUT2D eigenvalue weighted by Crippen LogP contribution is -2.40. The maximum Gasteiger partial charge on any atom is 0.226 e. The maximum absolute atomic E-state index is 12.0. The van der Waals surface area contributed by atoms with E-state index in [0.717, 1.165) is 5.39 Å². The molecular formula is C14H17ClN2O2. The van der Waals surface area contributed by atoms with E-state index in [4.69, 9.17) is 16.1 Å². The summed E-state index contributed by atoms with van der Waals surface area (Å²) in [4.78, 5) is 12.0. The molecule has 5 heteroatoms. The summed E-state index contributed by atoms with van der Waals surface area (Å²) in [5, 5.41) is 7.74. The number of fused-ring (bicyclic) bond motifs is 1. The highest BCUT2D eigenvalue weighted by molar-refractivity contribution is 6.18. The Hall–Kier alpha value is -1.55. The molecule has 102 valence electrons. The smallest absolute Gasteiger partial charge is 0.226 e. The standard InChI is InChI=1S/C14H17ClN2O2/c1-9(2)12(8-15)16-14(18)7-11-10-5-3-4-6-13(10)19-17-11/h3-6,9,12H,7-8H2,1-2H3,(H,16,18). The highest BCUT2D eigenvalue weighted by Gasteiger charge is 2.17. The molecule has 0 spiro atoms. The van der Waals surface area contributed by atoms with Crippen molar-refractivity contribution in [2.24, 2.45) is 5.92 Å². The predicted octanol–water partition coefficient (Wildman–Crippen LogP) is 2.75. The Morgan fingerprint density at radius 2 is 2.16 bits per heavy atom. The van der Waals surface area contributed by atoms with Crippen LogP contribution in [0.15, 0.2) is 28.8 Å². The number of rotatable bonds is 5. The van der Waals surface area contributed by atoms with Gasteiger partial charge >= 0.3 is 0 Å². The first-order valence-corrected chi connectivity index (χ1v) is 6.84. The molecule has 1 atom stereocenters. The van der Waals surface area contributed by atoms with Crippen molar-refractivity contribution >= 4 is 28.5 Å². The molecule has 1 amide bonds. The van der Waals surface area contributed by atoms with E-state index in [1.54, 1.807) is 0 Å². The second kappa shape index (κ2) is 6.06. The Kier molecular flexibility index (Phi) is 4.43. The summed E-state index contributed by atoms with van der Waals surface area (Å²) < 4.78 is 5.17. The van der Waals surface area contributed by atoms with E-state index < -0.39 is 0 Å². The highest BCUT2D eigenvalue weighted by Crippen LogP contribution is 2.18. The van der Waals surface area contributed by atoms with Gasteiger partial charge in [0.1, 0.15) is 5.69 Å². The van der Waals surface area contributed by atoms with Gasteiger partial charge in [-0.25, -0.2) is 0 Å². The van der Waals surface area contributed by atoms with Crippen LogP contribution in [-0.2, 0) is 11.2 Å². The van der Waals surface area contributed by atoms with Crippen molar-refractivity contribution in [3.8, 4) is 0 Å². The SMILES string of the molecule is CC(C)C(CCl)NC(=O)Cc1noc2ccccc12. The van der Waals surface area contributed by atoms with Gasteiger partial charge in [-0.2, -0.15) is 0 Å². The molecule has 0 saturated heterocycles. The molecule has 0 fully saturated rings. The van der Waals surface area contributed by atoms with Gasteiger partial charge in [-0.3, -0.25) is 4.79 Å². The first-order chi connectivity index (χ1) is 9.11. The van der Waals surface area contributed by atoms with Gasteiger partial charge in [-0.1, -0.05) is 31.1 Å². The number of alkyl halides is 1. The number of hydrogen-bond acceptors (Lipinski definition) is 3. The molecule has 0 bridgehead atoms. The number of aromatic nitrogens is 1. The summed E-state index contributed by atoms with van der Waals surface area (Å²) in [6, 6.07) is 7.48. The third kappa shape index (κ3) is 3.26. The fourth-order valence-electron chi connectivity index (χ4n) is 1.86. The van der Waals surface area contributed by atoms with Gasteiger partial charge < -0.3 is 9.84 Å². The number of nitrogens with one attached hydrogen (secondary N) is 1. The van der Waals surface area contributed by atoms with Crippen molar-refractivity contribution in [2.75, 3.05) is 5.88 Å². The normalized spacial score (nSPS) is 12.8. The average Bonchev–Trinajstić information content (AvgIpc) is 2.79. The maximum atomic E-state index is 12.0. The molecule has 2 rings (SSSR count). The minimum absolute atomic E-state index is 0.0210. The van der Waals surface area contributed by atoms with Crippen LogP contribution in [0.4, 0.5) is 0 Å². The average molecular weight is 281 g/mol. The minimum atomic E-state index is -0.0848. The van der Waals surface area contributed by atoms with Crippen LogP contribution in [0, 0.1) is 5.92 Å². The Balaban J connectivity index is 2.06. The lowest BCUT2D eigenvalue weighted by molar-refractivity contribution is -0.121. The van der Waals surface area contributed by atoms with Crippen molar-refractivity contribution in [1.82, 2.24) is 10.5 Å². The lowest BCUT2D eigenvalue weighted by atomic mass is 10.1. The molecule has 0 saturated carbocycles. The fraction of sp³-hybridized carbons (Fsp3) is 0.429. The number of amides is 1. The number of benzene rings is 1. The van der Waals surface area contributed by atoms with Gasteiger partial charge in [-0.15, -0.1) is 11.6 Å². The minimum Gasteiger partial charge on any atom is -0.356 e. The summed E-state index contributed by atoms with van der Waals surface area (Å²) in [6.45, 7) is 4.05. The first kappa shape index (κ1) is 13.9. The van der Waals surface area contributed by atoms with Gasteiger partial charge in [0.15, 0.2) is 5.58 Å². The van der Waals surface area contributed by atoms with E-state index in [9.17, 15) is 4.79 Å². The number of para-hydroxylation sites is 1. The van der Waals surface area contributed by atoms with Crippen molar-refractivity contribution < 1.29 is 9.32 Å². The molecule has 4 nitrogen and oxygen atoms in total. The van der Waals surface area contributed by atoms with E-state index in [1.807, 2.05) is 38.1 Å². The van der Waals surface area contributed by atoms with Crippen LogP contribution in [0.25, 0.3) is 11.0 Å². The van der Waals surface area contributed by atoms with Crippen LogP contribution in [0.2, 0.25) is 0 Å². The van der Waals surface area contributed by atoms with Crippen LogP contribution < -0.4 is 5.32 Å². The second-order valence-corrected chi connectivity index (χ2v) is 5.18. The lowest BCUT2D eigenvalue weighted by Gasteiger charge is -2.19. The van der Waals surface area contributed by atoms with Crippen molar-refractivity contribution in [2.45, 2.75) is 26.3 Å². The quantitative estimate of drug-likeness (QED) is 0.857. The molecule has 1 N–H and O–H groups in total. The van der Waals surface area contributed by atoms with E-state index in [1.165, 1.54) is 0 Å². The zero-order chi connectivity index (χ0) is 13.8. The third-order valence-electron chi connectivity index (χ3n) is 3.10. The molecule has 1 heterocycles. The Labute approximate surface area is 117 Å². The molecule has 1 aromatic carbocycles. The predicted molar refractivity (Wildman–Crippen MR) is 75.2 cm³/mol. The van der Waals surface area contributed by atoms with Crippen molar-refractivity contribution in [1.29, 1.82) is 0 Å². The first-order valence-electron chi connectivity index (χ1n) is 6.30. The van der Waals surface area contributed by atoms with Gasteiger partial charge in [0.25, 0.3) is 0 Å². The molecule has 19 heavy (non-hydrogen) atoms. The number of carbonyl (C=O) groups is 1. The van der Waals surface area contributed by atoms with E-state index in [-0.39, 0.29) is 18.4 Å². The Morgan fingerprint density at radius 1 is 1.42 bits per heavy atom. The van der Waals surface area contributed by atoms with Gasteiger partial charge in [-0.05, 0) is 18.1 Å². The number of carbonyl (C=O) groups excluding carboxylic acids is 1. The number of hydrogen-bond donors (Lipinski definition) is 1. The highest BCUT2D eigenvalue weighted by atomic mass is 35.5. The third-order valence-corrected chi connectivity index (χ3v) is 3.43. The largest absolute Gasteiger partial charge is 0.356 e. The van der Waals surface area contributed by atoms with E-state index in [0.29, 0.717) is 23.1 Å². The zero-order valence-electron chi connectivity index (χ0n) is 11.0. The Bertz CT molecular complexity index is 565. The van der Waals surface area contributed by atoms with Gasteiger partial charge in [0, 0.05) is 17.3 Å². The molecular weight excluding hydrogens is 264 g/mol. The summed E-state index contributed by atoms with van der Waals surface area (Å²) in [6.07, 6.45) is 0.205. The molecule has 0 radical (unpaired) electrons. The van der Waals surface area contributed by atoms with Crippen LogP contribution in [0.1, 0.15) is 19.5 Å². The summed E-state index contributed by atoms with van der Waals surface area (Å²) >= 11 is 5.83. The van der Waals surface area contributed by atoms with E-state index >= 15 is 0 Å². The summed E-state index contributed by atoms with van der Waals surface area (Å²) in [7, 11) is 0. The Morgan fingerprint density at radius 3 is 2.84 bits per heavy atom.